The van der Waals surface area contributed by atoms with Gasteiger partial charge in [0.1, 0.15) is 12.0 Å². The first-order chi connectivity index (χ1) is 21.4. The molecule has 0 atom stereocenters. The minimum Gasteiger partial charge on any atom is -0.346 e. The van der Waals surface area contributed by atoms with Gasteiger partial charge in [0.15, 0.2) is 5.16 Å². The van der Waals surface area contributed by atoms with E-state index in [1.54, 1.807) is 11.8 Å². The van der Waals surface area contributed by atoms with Crippen LogP contribution in [0.3, 0.4) is 0 Å². The first kappa shape index (κ1) is 29.8. The van der Waals surface area contributed by atoms with Crippen LogP contribution in [0.15, 0.2) is 114 Å². The highest BCUT2D eigenvalue weighted by Crippen LogP contribution is 2.51. The zero-order chi connectivity index (χ0) is 30.6. The number of rotatable bonds is 11. The molecule has 6 rings (SSSR count). The topological polar surface area (TPSA) is 57.8 Å². The molecule has 0 saturated carbocycles. The molecule has 0 fully saturated rings. The highest BCUT2D eigenvalue weighted by atomic mass is 32.2. The van der Waals surface area contributed by atoms with Crippen LogP contribution in [0.25, 0.3) is 33.6 Å². The van der Waals surface area contributed by atoms with Crippen molar-refractivity contribution >= 4 is 17.7 Å². The summed E-state index contributed by atoms with van der Waals surface area (Å²) in [4.78, 5) is 22.1. The number of halogens is 3. The molecule has 1 aromatic heterocycles. The van der Waals surface area contributed by atoms with Crippen molar-refractivity contribution < 1.29 is 18.0 Å². The Bertz CT molecular complexity index is 1630. The van der Waals surface area contributed by atoms with E-state index >= 15 is 0 Å². The average Bonchev–Trinajstić information content (AvgIpc) is 3.60. The summed E-state index contributed by atoms with van der Waals surface area (Å²) in [5.74, 6) is 0.218. The molecule has 1 amide bonds. The SMILES string of the molecule is O=C(NCC(F)(F)F)C1(CCCCCSc2nc(-c3ccccc3)c(-c3ccccc3)[nH]2)c2ccccc2-c2ccccc21. The predicted molar refractivity (Wildman–Crippen MR) is 170 cm³/mol. The summed E-state index contributed by atoms with van der Waals surface area (Å²) in [6.45, 7) is -1.35. The summed E-state index contributed by atoms with van der Waals surface area (Å²) in [5.41, 5.74) is 6.18. The summed E-state index contributed by atoms with van der Waals surface area (Å²) in [6, 6.07) is 35.4. The lowest BCUT2D eigenvalue weighted by molar-refractivity contribution is -0.141. The van der Waals surface area contributed by atoms with Gasteiger partial charge in [0.05, 0.1) is 11.4 Å². The maximum Gasteiger partial charge on any atom is 0.405 e. The van der Waals surface area contributed by atoms with Crippen LogP contribution in [0, 0.1) is 0 Å². The maximum absolute atomic E-state index is 13.7. The van der Waals surface area contributed by atoms with Crippen LogP contribution in [0.5, 0.6) is 0 Å². The number of alkyl halides is 3. The molecule has 1 heterocycles. The molecule has 4 aromatic carbocycles. The Morgan fingerprint density at radius 1 is 0.750 bits per heavy atom. The minimum atomic E-state index is -4.49. The lowest BCUT2D eigenvalue weighted by Gasteiger charge is -2.31. The molecular weight excluding hydrogens is 579 g/mol. The largest absolute Gasteiger partial charge is 0.405 e. The lowest BCUT2D eigenvalue weighted by Crippen LogP contribution is -2.47. The second kappa shape index (κ2) is 12.7. The Hall–Kier alpha value is -4.30. The van der Waals surface area contributed by atoms with E-state index in [0.29, 0.717) is 12.8 Å². The predicted octanol–water partition coefficient (Wildman–Crippen LogP) is 9.04. The minimum absolute atomic E-state index is 0.423. The van der Waals surface area contributed by atoms with Crippen molar-refractivity contribution in [2.24, 2.45) is 0 Å². The lowest BCUT2D eigenvalue weighted by atomic mass is 9.73. The summed E-state index contributed by atoms with van der Waals surface area (Å²) in [5, 5.41) is 3.05. The third kappa shape index (κ3) is 6.04. The van der Waals surface area contributed by atoms with Gasteiger partial charge in [-0.25, -0.2) is 4.98 Å². The van der Waals surface area contributed by atoms with E-state index in [0.717, 1.165) is 68.5 Å². The summed E-state index contributed by atoms with van der Waals surface area (Å²) < 4.78 is 39.4. The molecule has 224 valence electrons. The number of fused-ring (bicyclic) bond motifs is 3. The molecular formula is C36H32F3N3OS. The third-order valence-corrected chi connectivity index (χ3v) is 9.09. The van der Waals surface area contributed by atoms with Crippen LogP contribution >= 0.6 is 11.8 Å². The normalized spacial score (nSPS) is 13.3. The van der Waals surface area contributed by atoms with Gasteiger partial charge in [0, 0.05) is 16.9 Å². The molecule has 8 heteroatoms. The zero-order valence-corrected chi connectivity index (χ0v) is 24.8. The fraction of sp³-hybridized carbons (Fsp3) is 0.222. The highest BCUT2D eigenvalue weighted by Gasteiger charge is 2.49. The molecule has 5 aromatic rings. The fourth-order valence-corrected chi connectivity index (χ4v) is 7.03. The standard InChI is InChI=1S/C36H32F3N3OS/c37-36(38,39)24-40-33(43)35(29-20-10-8-18-27(29)28-19-9-11-21-30(28)35)22-12-3-13-23-44-34-41-31(25-14-4-1-5-15-25)32(42-34)26-16-6-2-7-17-26/h1-2,4-11,14-21H,3,12-13,22-24H2,(H,40,43)(H,41,42). The van der Waals surface area contributed by atoms with E-state index < -0.39 is 24.0 Å². The molecule has 0 radical (unpaired) electrons. The van der Waals surface area contributed by atoms with E-state index in [9.17, 15) is 18.0 Å². The molecule has 2 N–H and O–H groups in total. The average molecular weight is 612 g/mol. The van der Waals surface area contributed by atoms with Gasteiger partial charge >= 0.3 is 6.18 Å². The third-order valence-electron chi connectivity index (χ3n) is 8.13. The summed E-state index contributed by atoms with van der Waals surface area (Å²) in [6.07, 6.45) is -1.68. The van der Waals surface area contributed by atoms with Crippen LogP contribution in [0.2, 0.25) is 0 Å². The summed E-state index contributed by atoms with van der Waals surface area (Å²) in [7, 11) is 0. The highest BCUT2D eigenvalue weighted by molar-refractivity contribution is 7.99. The van der Waals surface area contributed by atoms with Crippen molar-refractivity contribution in [3.63, 3.8) is 0 Å². The van der Waals surface area contributed by atoms with Crippen molar-refractivity contribution in [3.05, 3.63) is 120 Å². The van der Waals surface area contributed by atoms with Crippen molar-refractivity contribution in [3.8, 4) is 33.6 Å². The maximum atomic E-state index is 13.7. The number of H-pyrrole nitrogens is 1. The second-order valence-corrected chi connectivity index (χ2v) is 12.0. The number of nitrogens with one attached hydrogen (secondary N) is 2. The molecule has 0 spiro atoms. The Labute approximate surface area is 259 Å². The van der Waals surface area contributed by atoms with Gasteiger partial charge in [-0.05, 0) is 35.1 Å². The van der Waals surface area contributed by atoms with Crippen molar-refractivity contribution in [2.75, 3.05) is 12.3 Å². The molecule has 1 aliphatic rings. The van der Waals surface area contributed by atoms with Gasteiger partial charge in [-0.3, -0.25) is 4.79 Å². The Morgan fingerprint density at radius 3 is 1.93 bits per heavy atom. The number of carbonyl (C=O) groups is 1. The van der Waals surface area contributed by atoms with Crippen LogP contribution in [-0.2, 0) is 10.2 Å². The number of thioether (sulfide) groups is 1. The number of imidazole rings is 1. The van der Waals surface area contributed by atoms with Gasteiger partial charge in [-0.2, -0.15) is 13.2 Å². The number of aromatic amines is 1. The number of amides is 1. The molecule has 0 aliphatic heterocycles. The molecule has 44 heavy (non-hydrogen) atoms. The number of benzene rings is 4. The van der Waals surface area contributed by atoms with E-state index in [2.05, 4.69) is 34.6 Å². The first-order valence-corrected chi connectivity index (χ1v) is 15.7. The van der Waals surface area contributed by atoms with Gasteiger partial charge in [0.25, 0.3) is 0 Å². The van der Waals surface area contributed by atoms with Gasteiger partial charge in [-0.1, -0.05) is 134 Å². The second-order valence-electron chi connectivity index (χ2n) is 11.0. The number of carbonyl (C=O) groups excluding carboxylic acids is 1. The van der Waals surface area contributed by atoms with Gasteiger partial charge in [-0.15, -0.1) is 0 Å². The number of nitrogens with zero attached hydrogens (tertiary/aromatic N) is 1. The monoisotopic (exact) mass is 611 g/mol. The van der Waals surface area contributed by atoms with E-state index in [-0.39, 0.29) is 0 Å². The number of aromatic nitrogens is 2. The smallest absolute Gasteiger partial charge is 0.346 e. The Balaban J connectivity index is 1.15. The molecule has 0 bridgehead atoms. The fourth-order valence-electron chi connectivity index (χ4n) is 6.16. The van der Waals surface area contributed by atoms with Crippen LogP contribution in [-0.4, -0.2) is 34.3 Å². The van der Waals surface area contributed by atoms with Gasteiger partial charge < -0.3 is 10.3 Å². The number of hydrogen-bond donors (Lipinski definition) is 2. The molecule has 4 nitrogen and oxygen atoms in total. The molecule has 1 aliphatic carbocycles. The Morgan fingerprint density at radius 2 is 1.32 bits per heavy atom. The van der Waals surface area contributed by atoms with Gasteiger partial charge in [0.2, 0.25) is 5.91 Å². The molecule has 0 saturated heterocycles. The Kier molecular flexibility index (Phi) is 8.62. The van der Waals surface area contributed by atoms with Crippen molar-refractivity contribution in [1.82, 2.24) is 15.3 Å². The van der Waals surface area contributed by atoms with E-state index in [1.165, 1.54) is 0 Å². The zero-order valence-electron chi connectivity index (χ0n) is 24.0. The quantitative estimate of drug-likeness (QED) is 0.116. The van der Waals surface area contributed by atoms with E-state index in [4.69, 9.17) is 4.98 Å². The van der Waals surface area contributed by atoms with Crippen molar-refractivity contribution in [1.29, 1.82) is 0 Å². The summed E-state index contributed by atoms with van der Waals surface area (Å²) >= 11 is 1.65. The number of unbranched alkanes of at least 4 members (excludes halogenated alkanes) is 2. The molecule has 0 unspecified atom stereocenters. The van der Waals surface area contributed by atoms with Crippen LogP contribution < -0.4 is 5.32 Å². The van der Waals surface area contributed by atoms with E-state index in [1.807, 2.05) is 84.9 Å². The van der Waals surface area contributed by atoms with Crippen molar-refractivity contribution in [2.45, 2.75) is 42.4 Å². The van der Waals surface area contributed by atoms with Crippen LogP contribution in [0.4, 0.5) is 13.2 Å². The first-order valence-electron chi connectivity index (χ1n) is 14.7. The van der Waals surface area contributed by atoms with Crippen LogP contribution in [0.1, 0.15) is 36.8 Å². The number of hydrogen-bond acceptors (Lipinski definition) is 3.